The molecule has 3 aromatic heterocycles. The summed E-state index contributed by atoms with van der Waals surface area (Å²) >= 11 is 0. The van der Waals surface area contributed by atoms with Gasteiger partial charge in [-0.25, -0.2) is 14.6 Å². The lowest BCUT2D eigenvalue weighted by molar-refractivity contribution is -0.134. The van der Waals surface area contributed by atoms with E-state index in [0.717, 1.165) is 5.69 Å². The van der Waals surface area contributed by atoms with Crippen molar-refractivity contribution in [3.8, 4) is 0 Å². The Morgan fingerprint density at radius 2 is 2.25 bits per heavy atom. The van der Waals surface area contributed by atoms with Gasteiger partial charge in [0.1, 0.15) is 0 Å². The zero-order chi connectivity index (χ0) is 16.9. The van der Waals surface area contributed by atoms with Crippen molar-refractivity contribution in [3.05, 3.63) is 64.5 Å². The van der Waals surface area contributed by atoms with Gasteiger partial charge in [0, 0.05) is 37.1 Å². The number of hydrogen-bond donors (Lipinski definition) is 0. The highest BCUT2D eigenvalue weighted by Crippen LogP contribution is 2.14. The normalized spacial score (nSPS) is 11.2. The van der Waals surface area contributed by atoms with Gasteiger partial charge < -0.3 is 9.15 Å². The topological polar surface area (TPSA) is 87.2 Å². The maximum atomic E-state index is 12.0. The smallest absolute Gasteiger partial charge is 0.421 e. The summed E-state index contributed by atoms with van der Waals surface area (Å²) < 4.78 is 11.2. The van der Waals surface area contributed by atoms with Crippen molar-refractivity contribution in [2.45, 2.75) is 13.0 Å². The number of aryl methyl sites for hydroxylation is 2. The summed E-state index contributed by atoms with van der Waals surface area (Å²) in [6.07, 6.45) is 6.70. The third-order valence-electron chi connectivity index (χ3n) is 3.46. The molecule has 0 aromatic carbocycles. The number of pyridine rings is 2. The first kappa shape index (κ1) is 15.7. The number of ether oxygens (including phenoxy) is 1. The first-order valence-corrected chi connectivity index (χ1v) is 7.32. The number of esters is 1. The van der Waals surface area contributed by atoms with Crippen LogP contribution in [0.5, 0.6) is 0 Å². The van der Waals surface area contributed by atoms with Gasteiger partial charge in [0.15, 0.2) is 11.2 Å². The molecule has 0 fully saturated rings. The van der Waals surface area contributed by atoms with Crippen LogP contribution in [0.15, 0.2) is 51.9 Å². The van der Waals surface area contributed by atoms with Gasteiger partial charge in [0.25, 0.3) is 0 Å². The summed E-state index contributed by atoms with van der Waals surface area (Å²) in [5.74, 6) is -0.938. The molecule has 0 saturated carbocycles. The van der Waals surface area contributed by atoms with Crippen LogP contribution in [0.3, 0.4) is 0 Å². The molecule has 0 aliphatic heterocycles. The summed E-state index contributed by atoms with van der Waals surface area (Å²) in [5.41, 5.74) is 2.36. The van der Waals surface area contributed by atoms with Gasteiger partial charge >= 0.3 is 11.7 Å². The minimum absolute atomic E-state index is 0.369. The predicted octanol–water partition coefficient (Wildman–Crippen LogP) is 1.81. The van der Waals surface area contributed by atoms with Crippen molar-refractivity contribution >= 4 is 23.3 Å². The lowest BCUT2D eigenvalue weighted by atomic mass is 10.2. The number of methoxy groups -OCH3 is 1. The van der Waals surface area contributed by atoms with Gasteiger partial charge in [-0.2, -0.15) is 0 Å². The van der Waals surface area contributed by atoms with Crippen LogP contribution in [0.4, 0.5) is 0 Å². The standard InChI is InChI=1S/C17H15N3O4/c1-23-15(21)6-5-12-10-14-16(19-11-12)20(17(22)24-14)9-7-13-4-2-3-8-18-13/h2-6,8,10-11H,7,9H2,1H3. The number of nitrogens with zero attached hydrogens (tertiary/aromatic N) is 3. The van der Waals surface area contributed by atoms with E-state index in [-0.39, 0.29) is 0 Å². The molecule has 24 heavy (non-hydrogen) atoms. The highest BCUT2D eigenvalue weighted by molar-refractivity contribution is 5.87. The van der Waals surface area contributed by atoms with Crippen LogP contribution in [0, 0.1) is 0 Å². The highest BCUT2D eigenvalue weighted by atomic mass is 16.5. The van der Waals surface area contributed by atoms with E-state index in [9.17, 15) is 9.59 Å². The molecule has 3 aromatic rings. The molecule has 0 unspecified atom stereocenters. The van der Waals surface area contributed by atoms with Crippen LogP contribution < -0.4 is 5.76 Å². The fourth-order valence-electron chi connectivity index (χ4n) is 2.26. The first-order chi connectivity index (χ1) is 11.7. The van der Waals surface area contributed by atoms with Crippen LogP contribution >= 0.6 is 0 Å². The molecular weight excluding hydrogens is 310 g/mol. The second kappa shape index (κ2) is 6.91. The van der Waals surface area contributed by atoms with E-state index in [1.165, 1.54) is 17.8 Å². The Hall–Kier alpha value is -3.22. The van der Waals surface area contributed by atoms with Crippen LogP contribution in [-0.4, -0.2) is 27.6 Å². The van der Waals surface area contributed by atoms with E-state index in [1.807, 2.05) is 18.2 Å². The average molecular weight is 325 g/mol. The molecule has 0 amide bonds. The van der Waals surface area contributed by atoms with Crippen LogP contribution in [0.25, 0.3) is 17.3 Å². The fourth-order valence-corrected chi connectivity index (χ4v) is 2.26. The van der Waals surface area contributed by atoms with Crippen LogP contribution in [0.1, 0.15) is 11.3 Å². The van der Waals surface area contributed by atoms with E-state index in [1.54, 1.807) is 24.5 Å². The maximum Gasteiger partial charge on any atom is 0.421 e. The minimum Gasteiger partial charge on any atom is -0.466 e. The molecular formula is C17H15N3O4. The van der Waals surface area contributed by atoms with E-state index >= 15 is 0 Å². The second-order valence-corrected chi connectivity index (χ2v) is 5.04. The molecule has 0 aliphatic carbocycles. The Labute approximate surface area is 137 Å². The molecule has 0 atom stereocenters. The van der Waals surface area contributed by atoms with Gasteiger partial charge in [-0.1, -0.05) is 6.07 Å². The van der Waals surface area contributed by atoms with E-state index in [4.69, 9.17) is 4.42 Å². The van der Waals surface area contributed by atoms with Crippen molar-refractivity contribution < 1.29 is 13.9 Å². The van der Waals surface area contributed by atoms with E-state index in [2.05, 4.69) is 14.7 Å². The van der Waals surface area contributed by atoms with Gasteiger partial charge in [0.2, 0.25) is 0 Å². The van der Waals surface area contributed by atoms with E-state index in [0.29, 0.717) is 29.8 Å². The zero-order valence-electron chi connectivity index (χ0n) is 13.0. The Balaban J connectivity index is 1.85. The third-order valence-corrected chi connectivity index (χ3v) is 3.46. The van der Waals surface area contributed by atoms with Crippen molar-refractivity contribution in [3.63, 3.8) is 0 Å². The molecule has 3 rings (SSSR count). The monoisotopic (exact) mass is 325 g/mol. The first-order valence-electron chi connectivity index (χ1n) is 7.32. The Bertz CT molecular complexity index is 941. The Morgan fingerprint density at radius 3 is 3.00 bits per heavy atom. The summed E-state index contributed by atoms with van der Waals surface area (Å²) in [6.45, 7) is 0.424. The van der Waals surface area contributed by atoms with Gasteiger partial charge in [-0.15, -0.1) is 0 Å². The summed E-state index contributed by atoms with van der Waals surface area (Å²) in [4.78, 5) is 31.6. The van der Waals surface area contributed by atoms with Crippen molar-refractivity contribution in [1.29, 1.82) is 0 Å². The molecule has 0 aliphatic rings. The third kappa shape index (κ3) is 3.40. The lowest BCUT2D eigenvalue weighted by Gasteiger charge is -2.01. The predicted molar refractivity (Wildman–Crippen MR) is 87.3 cm³/mol. The maximum absolute atomic E-state index is 12.0. The molecule has 7 nitrogen and oxygen atoms in total. The number of rotatable bonds is 5. The quantitative estimate of drug-likeness (QED) is 0.525. The minimum atomic E-state index is -0.470. The summed E-state index contributed by atoms with van der Waals surface area (Å²) in [5, 5.41) is 0. The van der Waals surface area contributed by atoms with Gasteiger partial charge in [-0.3, -0.25) is 9.55 Å². The molecule has 0 saturated heterocycles. The zero-order valence-corrected chi connectivity index (χ0v) is 13.0. The molecule has 0 bridgehead atoms. The average Bonchev–Trinajstić information content (AvgIpc) is 2.93. The second-order valence-electron chi connectivity index (χ2n) is 5.04. The van der Waals surface area contributed by atoms with Crippen molar-refractivity contribution in [2.24, 2.45) is 0 Å². The van der Waals surface area contributed by atoms with Crippen molar-refractivity contribution in [2.75, 3.05) is 7.11 Å². The SMILES string of the molecule is COC(=O)C=Cc1cnc2c(c1)oc(=O)n2CCc1ccccn1. The Morgan fingerprint density at radius 1 is 1.38 bits per heavy atom. The molecule has 122 valence electrons. The summed E-state index contributed by atoms with van der Waals surface area (Å²) in [6, 6.07) is 7.29. The van der Waals surface area contributed by atoms with Gasteiger partial charge in [0.05, 0.1) is 7.11 Å². The lowest BCUT2D eigenvalue weighted by Crippen LogP contribution is -2.16. The molecule has 0 spiro atoms. The number of oxazole rings is 1. The highest BCUT2D eigenvalue weighted by Gasteiger charge is 2.11. The largest absolute Gasteiger partial charge is 0.466 e. The number of fused-ring (bicyclic) bond motifs is 1. The number of aromatic nitrogens is 3. The number of carbonyl (C=O) groups is 1. The number of carbonyl (C=O) groups excluding carboxylic acids is 1. The number of hydrogen-bond acceptors (Lipinski definition) is 6. The fraction of sp³-hybridized carbons (Fsp3) is 0.176. The van der Waals surface area contributed by atoms with Crippen LogP contribution in [0.2, 0.25) is 0 Å². The van der Waals surface area contributed by atoms with Gasteiger partial charge in [-0.05, 0) is 29.8 Å². The van der Waals surface area contributed by atoms with Crippen LogP contribution in [-0.2, 0) is 22.5 Å². The summed E-state index contributed by atoms with van der Waals surface area (Å²) in [7, 11) is 1.30. The molecule has 7 heteroatoms. The Kier molecular flexibility index (Phi) is 4.51. The molecule has 0 radical (unpaired) electrons. The van der Waals surface area contributed by atoms with Crippen molar-refractivity contribution in [1.82, 2.24) is 14.5 Å². The van der Waals surface area contributed by atoms with E-state index < -0.39 is 11.7 Å². The molecule has 0 N–H and O–H groups in total. The molecule has 3 heterocycles.